The molecule has 118 valence electrons. The van der Waals surface area contributed by atoms with E-state index in [1.165, 1.54) is 0 Å². The van der Waals surface area contributed by atoms with E-state index in [9.17, 15) is 4.79 Å². The molecule has 1 fully saturated rings. The highest BCUT2D eigenvalue weighted by Gasteiger charge is 2.27. The van der Waals surface area contributed by atoms with E-state index in [1.54, 1.807) is 12.1 Å². The number of amides is 1. The van der Waals surface area contributed by atoms with Crippen LogP contribution in [0.1, 0.15) is 45.6 Å². The van der Waals surface area contributed by atoms with Crippen molar-refractivity contribution in [2.24, 2.45) is 0 Å². The number of nitriles is 1. The lowest BCUT2D eigenvalue weighted by Gasteiger charge is -2.22. The number of nitrogens with zero attached hydrogens (tertiary/aromatic N) is 1. The summed E-state index contributed by atoms with van der Waals surface area (Å²) in [5.41, 5.74) is 1.19. The van der Waals surface area contributed by atoms with Gasteiger partial charge in [0, 0.05) is 17.8 Å². The van der Waals surface area contributed by atoms with Gasteiger partial charge >= 0.3 is 6.09 Å². The highest BCUT2D eigenvalue weighted by atomic mass is 16.6. The summed E-state index contributed by atoms with van der Waals surface area (Å²) in [6, 6.07) is 10.00. The van der Waals surface area contributed by atoms with Gasteiger partial charge in [-0.3, -0.25) is 0 Å². The third-order valence-electron chi connectivity index (χ3n) is 3.54. The van der Waals surface area contributed by atoms with Crippen molar-refractivity contribution in [3.05, 3.63) is 29.8 Å². The molecule has 22 heavy (non-hydrogen) atoms. The van der Waals surface area contributed by atoms with Crippen LogP contribution >= 0.6 is 0 Å². The van der Waals surface area contributed by atoms with Gasteiger partial charge in [0.1, 0.15) is 5.60 Å². The van der Waals surface area contributed by atoms with Gasteiger partial charge in [-0.15, -0.1) is 0 Å². The molecule has 0 saturated heterocycles. The van der Waals surface area contributed by atoms with Crippen LogP contribution in [0.3, 0.4) is 0 Å². The van der Waals surface area contributed by atoms with Gasteiger partial charge in [-0.1, -0.05) is 0 Å². The lowest BCUT2D eigenvalue weighted by atomic mass is 10.2. The second-order valence-corrected chi connectivity index (χ2v) is 6.69. The van der Waals surface area contributed by atoms with Crippen molar-refractivity contribution in [1.82, 2.24) is 5.32 Å². The van der Waals surface area contributed by atoms with Crippen molar-refractivity contribution in [1.29, 1.82) is 5.26 Å². The number of ether oxygens (including phenoxy) is 1. The van der Waals surface area contributed by atoms with Crippen molar-refractivity contribution < 1.29 is 9.53 Å². The van der Waals surface area contributed by atoms with Crippen LogP contribution < -0.4 is 10.6 Å². The minimum Gasteiger partial charge on any atom is -0.444 e. The average molecular weight is 301 g/mol. The van der Waals surface area contributed by atoms with Crippen LogP contribution in [-0.4, -0.2) is 23.8 Å². The Balaban J connectivity index is 1.80. The molecule has 2 unspecified atom stereocenters. The zero-order valence-electron chi connectivity index (χ0n) is 13.3. The van der Waals surface area contributed by atoms with E-state index in [0.29, 0.717) is 11.6 Å². The Kier molecular flexibility index (Phi) is 4.92. The van der Waals surface area contributed by atoms with Gasteiger partial charge in [0.15, 0.2) is 0 Å². The average Bonchev–Trinajstić information content (AvgIpc) is 2.84. The van der Waals surface area contributed by atoms with Gasteiger partial charge in [0.05, 0.1) is 11.6 Å². The van der Waals surface area contributed by atoms with Crippen LogP contribution in [0.5, 0.6) is 0 Å². The van der Waals surface area contributed by atoms with Gasteiger partial charge in [-0.05, 0) is 64.3 Å². The normalized spacial score (nSPS) is 21.0. The van der Waals surface area contributed by atoms with Gasteiger partial charge in [0.2, 0.25) is 0 Å². The number of rotatable bonds is 3. The molecule has 1 amide bonds. The van der Waals surface area contributed by atoms with Gasteiger partial charge in [-0.2, -0.15) is 5.26 Å². The van der Waals surface area contributed by atoms with Crippen LogP contribution in [0.4, 0.5) is 10.5 Å². The van der Waals surface area contributed by atoms with Crippen molar-refractivity contribution in [2.75, 3.05) is 5.32 Å². The summed E-state index contributed by atoms with van der Waals surface area (Å²) in [6.07, 6.45) is 2.46. The molecule has 1 saturated carbocycles. The molecule has 2 rings (SSSR count). The molecular formula is C17H23N3O2. The van der Waals surface area contributed by atoms with E-state index in [4.69, 9.17) is 10.00 Å². The molecule has 0 spiro atoms. The van der Waals surface area contributed by atoms with E-state index in [1.807, 2.05) is 32.9 Å². The third kappa shape index (κ3) is 4.96. The topological polar surface area (TPSA) is 74.2 Å². The van der Waals surface area contributed by atoms with Gasteiger partial charge < -0.3 is 15.4 Å². The van der Waals surface area contributed by atoms with Gasteiger partial charge in [-0.25, -0.2) is 4.79 Å². The molecule has 5 heteroatoms. The van der Waals surface area contributed by atoms with Crippen molar-refractivity contribution in [3.8, 4) is 6.07 Å². The molecule has 1 aliphatic rings. The van der Waals surface area contributed by atoms with E-state index >= 15 is 0 Å². The molecule has 1 aromatic rings. The number of benzene rings is 1. The Hall–Kier alpha value is -2.22. The SMILES string of the molecule is CC(C)(C)OC(=O)NC1CCC(Nc2ccc(C#N)cc2)C1. The molecule has 2 N–H and O–H groups in total. The van der Waals surface area contributed by atoms with E-state index in [0.717, 1.165) is 24.9 Å². The zero-order valence-corrected chi connectivity index (χ0v) is 13.3. The van der Waals surface area contributed by atoms with Crippen LogP contribution in [0.2, 0.25) is 0 Å². The largest absolute Gasteiger partial charge is 0.444 e. The standard InChI is InChI=1S/C17H23N3O2/c1-17(2,3)22-16(21)20-15-9-8-14(10-15)19-13-6-4-12(11-18)5-7-13/h4-7,14-15,19H,8-10H2,1-3H3,(H,20,21). The summed E-state index contributed by atoms with van der Waals surface area (Å²) < 4.78 is 5.28. The molecule has 0 radical (unpaired) electrons. The number of hydrogen-bond donors (Lipinski definition) is 2. The van der Waals surface area contributed by atoms with E-state index in [-0.39, 0.29) is 12.1 Å². The predicted octanol–water partition coefficient (Wildman–Crippen LogP) is 3.42. The maximum atomic E-state index is 11.8. The Morgan fingerprint density at radius 3 is 2.45 bits per heavy atom. The summed E-state index contributed by atoms with van der Waals surface area (Å²) in [5, 5.41) is 15.2. The molecule has 2 atom stereocenters. The quantitative estimate of drug-likeness (QED) is 0.897. The van der Waals surface area contributed by atoms with Crippen LogP contribution in [0.15, 0.2) is 24.3 Å². The summed E-state index contributed by atoms with van der Waals surface area (Å²) in [7, 11) is 0. The molecule has 0 heterocycles. The Bertz CT molecular complexity index is 555. The summed E-state index contributed by atoms with van der Waals surface area (Å²) in [6.45, 7) is 5.57. The zero-order chi connectivity index (χ0) is 16.2. The van der Waals surface area contributed by atoms with Crippen LogP contribution in [-0.2, 0) is 4.74 Å². The first kappa shape index (κ1) is 16.2. The number of alkyl carbamates (subject to hydrolysis) is 1. The minimum absolute atomic E-state index is 0.144. The monoisotopic (exact) mass is 301 g/mol. The Labute approximate surface area is 131 Å². The lowest BCUT2D eigenvalue weighted by molar-refractivity contribution is 0.0505. The first-order valence-electron chi connectivity index (χ1n) is 7.62. The summed E-state index contributed by atoms with van der Waals surface area (Å²) in [5.74, 6) is 0. The fourth-order valence-corrected chi connectivity index (χ4v) is 2.59. The van der Waals surface area contributed by atoms with Crippen molar-refractivity contribution >= 4 is 11.8 Å². The smallest absolute Gasteiger partial charge is 0.407 e. The number of nitrogens with one attached hydrogen (secondary N) is 2. The lowest BCUT2D eigenvalue weighted by Crippen LogP contribution is -2.38. The van der Waals surface area contributed by atoms with Crippen molar-refractivity contribution in [2.45, 2.75) is 57.7 Å². The van der Waals surface area contributed by atoms with E-state index in [2.05, 4.69) is 16.7 Å². The number of hydrogen-bond acceptors (Lipinski definition) is 4. The summed E-state index contributed by atoms with van der Waals surface area (Å²) in [4.78, 5) is 11.8. The molecule has 0 aromatic heterocycles. The number of carbonyl (C=O) groups excluding carboxylic acids is 1. The maximum absolute atomic E-state index is 11.8. The fraction of sp³-hybridized carbons (Fsp3) is 0.529. The minimum atomic E-state index is -0.469. The second-order valence-electron chi connectivity index (χ2n) is 6.69. The molecule has 1 aromatic carbocycles. The second kappa shape index (κ2) is 6.69. The molecule has 5 nitrogen and oxygen atoms in total. The Morgan fingerprint density at radius 1 is 1.23 bits per heavy atom. The molecule has 1 aliphatic carbocycles. The molecule has 0 bridgehead atoms. The van der Waals surface area contributed by atoms with Crippen LogP contribution in [0, 0.1) is 11.3 Å². The third-order valence-corrected chi connectivity index (χ3v) is 3.54. The first-order chi connectivity index (χ1) is 10.4. The predicted molar refractivity (Wildman–Crippen MR) is 85.6 cm³/mol. The van der Waals surface area contributed by atoms with Crippen molar-refractivity contribution in [3.63, 3.8) is 0 Å². The van der Waals surface area contributed by atoms with Gasteiger partial charge in [0.25, 0.3) is 0 Å². The molecular weight excluding hydrogens is 278 g/mol. The highest BCUT2D eigenvalue weighted by molar-refractivity contribution is 5.68. The fourth-order valence-electron chi connectivity index (χ4n) is 2.59. The number of anilines is 1. The Morgan fingerprint density at radius 2 is 1.86 bits per heavy atom. The van der Waals surface area contributed by atoms with E-state index < -0.39 is 5.60 Å². The summed E-state index contributed by atoms with van der Waals surface area (Å²) >= 11 is 0. The number of carbonyl (C=O) groups is 1. The highest BCUT2D eigenvalue weighted by Crippen LogP contribution is 2.23. The maximum Gasteiger partial charge on any atom is 0.407 e. The van der Waals surface area contributed by atoms with Crippen LogP contribution in [0.25, 0.3) is 0 Å². The molecule has 0 aliphatic heterocycles. The first-order valence-corrected chi connectivity index (χ1v) is 7.62.